The first-order chi connectivity index (χ1) is 5.68. The van der Waals surface area contributed by atoms with Crippen molar-refractivity contribution in [1.29, 1.82) is 0 Å². The lowest BCUT2D eigenvalue weighted by Crippen LogP contribution is -2.29. The molecule has 1 saturated heterocycles. The van der Waals surface area contributed by atoms with Gasteiger partial charge in [0, 0.05) is 0 Å². The molecule has 2 rings (SSSR count). The van der Waals surface area contributed by atoms with E-state index in [4.69, 9.17) is 9.84 Å². The summed E-state index contributed by atoms with van der Waals surface area (Å²) >= 11 is 0. The summed E-state index contributed by atoms with van der Waals surface area (Å²) < 4.78 is 4.96. The lowest BCUT2D eigenvalue weighted by molar-refractivity contribution is -0.150. The topological polar surface area (TPSA) is 63.6 Å². The fourth-order valence-corrected chi connectivity index (χ4v) is 2.05. The van der Waals surface area contributed by atoms with Crippen molar-refractivity contribution in [2.45, 2.75) is 25.4 Å². The van der Waals surface area contributed by atoms with Crippen molar-refractivity contribution in [2.75, 3.05) is 0 Å². The molecular weight excluding hydrogens is 160 g/mol. The molecule has 4 heteroatoms. The predicted molar refractivity (Wildman–Crippen MR) is 38.3 cm³/mol. The van der Waals surface area contributed by atoms with Gasteiger partial charge in [-0.3, -0.25) is 9.59 Å². The summed E-state index contributed by atoms with van der Waals surface area (Å²) in [5.41, 5.74) is 0. The van der Waals surface area contributed by atoms with Gasteiger partial charge in [0.15, 0.2) is 0 Å². The summed E-state index contributed by atoms with van der Waals surface area (Å²) in [5, 5.41) is 8.77. The third kappa shape index (κ3) is 0.983. The Morgan fingerprint density at radius 2 is 2.25 bits per heavy atom. The van der Waals surface area contributed by atoms with Gasteiger partial charge in [-0.15, -0.1) is 0 Å². The maximum Gasteiger partial charge on any atom is 0.310 e. The Kier molecular flexibility index (Phi) is 1.56. The van der Waals surface area contributed by atoms with Gasteiger partial charge >= 0.3 is 11.9 Å². The Labute approximate surface area is 69.5 Å². The molecule has 1 heterocycles. The highest BCUT2D eigenvalue weighted by molar-refractivity contribution is 5.83. The summed E-state index contributed by atoms with van der Waals surface area (Å²) in [6.07, 6.45) is 1.89. The van der Waals surface area contributed by atoms with E-state index in [1.807, 2.05) is 0 Å². The average molecular weight is 170 g/mol. The molecule has 1 aliphatic heterocycles. The molecule has 0 unspecified atom stereocenters. The van der Waals surface area contributed by atoms with Crippen molar-refractivity contribution in [3.05, 3.63) is 0 Å². The van der Waals surface area contributed by atoms with Gasteiger partial charge in [0.05, 0.1) is 11.8 Å². The maximum atomic E-state index is 11.1. The van der Waals surface area contributed by atoms with Gasteiger partial charge in [-0.1, -0.05) is 0 Å². The number of ether oxygens (including phenoxy) is 1. The Bertz CT molecular complexity index is 235. The zero-order valence-electron chi connectivity index (χ0n) is 6.53. The van der Waals surface area contributed by atoms with Crippen LogP contribution in [0.15, 0.2) is 0 Å². The van der Waals surface area contributed by atoms with Crippen molar-refractivity contribution < 1.29 is 19.4 Å². The molecule has 1 saturated carbocycles. The van der Waals surface area contributed by atoms with E-state index in [-0.39, 0.29) is 18.0 Å². The van der Waals surface area contributed by atoms with Gasteiger partial charge in [0.2, 0.25) is 0 Å². The van der Waals surface area contributed by atoms with E-state index in [1.54, 1.807) is 0 Å². The van der Waals surface area contributed by atoms with Crippen LogP contribution in [0.2, 0.25) is 0 Å². The third-order valence-electron chi connectivity index (χ3n) is 2.70. The molecule has 0 aromatic carbocycles. The summed E-state index contributed by atoms with van der Waals surface area (Å²) in [4.78, 5) is 21.8. The second-order valence-corrected chi connectivity index (χ2v) is 3.42. The number of esters is 1. The van der Waals surface area contributed by atoms with Crippen LogP contribution < -0.4 is 0 Å². The van der Waals surface area contributed by atoms with Gasteiger partial charge in [-0.05, 0) is 19.3 Å². The van der Waals surface area contributed by atoms with Crippen LogP contribution >= 0.6 is 0 Å². The number of hydrogen-bond donors (Lipinski definition) is 1. The second kappa shape index (κ2) is 2.47. The quantitative estimate of drug-likeness (QED) is 0.579. The number of aliphatic carboxylic acids is 1. The van der Waals surface area contributed by atoms with E-state index < -0.39 is 11.9 Å². The van der Waals surface area contributed by atoms with Crippen LogP contribution in [0.25, 0.3) is 0 Å². The van der Waals surface area contributed by atoms with Gasteiger partial charge in [-0.2, -0.15) is 0 Å². The van der Waals surface area contributed by atoms with Gasteiger partial charge in [0.25, 0.3) is 0 Å². The predicted octanol–water partition coefficient (Wildman–Crippen LogP) is 0.413. The first-order valence-electron chi connectivity index (χ1n) is 4.12. The fourth-order valence-electron chi connectivity index (χ4n) is 2.05. The zero-order chi connectivity index (χ0) is 8.72. The summed E-state index contributed by atoms with van der Waals surface area (Å²) in [6, 6.07) is 0. The minimum atomic E-state index is -0.864. The van der Waals surface area contributed by atoms with Crippen molar-refractivity contribution >= 4 is 11.9 Å². The van der Waals surface area contributed by atoms with Crippen LogP contribution in [-0.2, 0) is 14.3 Å². The highest BCUT2D eigenvalue weighted by atomic mass is 16.6. The smallest absolute Gasteiger partial charge is 0.310 e. The third-order valence-corrected chi connectivity index (χ3v) is 2.70. The molecule has 0 amide bonds. The van der Waals surface area contributed by atoms with Crippen molar-refractivity contribution in [2.24, 2.45) is 11.8 Å². The van der Waals surface area contributed by atoms with Crippen molar-refractivity contribution in [1.82, 2.24) is 0 Å². The van der Waals surface area contributed by atoms with Crippen LogP contribution in [0.4, 0.5) is 0 Å². The number of hydrogen-bond acceptors (Lipinski definition) is 3. The van der Waals surface area contributed by atoms with Gasteiger partial charge < -0.3 is 9.84 Å². The Morgan fingerprint density at radius 3 is 2.92 bits per heavy atom. The fraction of sp³-hybridized carbons (Fsp3) is 0.750. The van der Waals surface area contributed by atoms with Crippen LogP contribution in [-0.4, -0.2) is 23.1 Å². The highest BCUT2D eigenvalue weighted by Crippen LogP contribution is 2.38. The minimum absolute atomic E-state index is 0.00176. The van der Waals surface area contributed by atoms with E-state index in [1.165, 1.54) is 0 Å². The Hall–Kier alpha value is -1.06. The molecule has 0 spiro atoms. The monoisotopic (exact) mass is 170 g/mol. The van der Waals surface area contributed by atoms with Crippen LogP contribution in [0.3, 0.4) is 0 Å². The van der Waals surface area contributed by atoms with Crippen LogP contribution in [0.5, 0.6) is 0 Å². The molecule has 1 N–H and O–H groups in total. The lowest BCUT2D eigenvalue weighted by Gasteiger charge is -2.20. The molecule has 0 radical (unpaired) electrons. The van der Waals surface area contributed by atoms with Gasteiger partial charge in [0.1, 0.15) is 6.10 Å². The first kappa shape index (κ1) is 7.58. The number of fused-ring (bicyclic) bond motifs is 2. The van der Waals surface area contributed by atoms with E-state index in [0.717, 1.165) is 0 Å². The normalized spacial score (nSPS) is 39.3. The number of carbonyl (C=O) groups excluding carboxylic acids is 1. The molecular formula is C8H10O4. The van der Waals surface area contributed by atoms with E-state index in [2.05, 4.69) is 0 Å². The molecule has 0 aromatic heterocycles. The second-order valence-electron chi connectivity index (χ2n) is 3.42. The number of rotatable bonds is 1. The SMILES string of the molecule is O=C(O)[C@H]1CC[C@H]2C[C@H]1C(=O)O2. The number of carbonyl (C=O) groups is 2. The van der Waals surface area contributed by atoms with Crippen molar-refractivity contribution in [3.63, 3.8) is 0 Å². The molecule has 2 fully saturated rings. The maximum absolute atomic E-state index is 11.1. The summed E-state index contributed by atoms with van der Waals surface area (Å²) in [6.45, 7) is 0. The van der Waals surface area contributed by atoms with Crippen LogP contribution in [0.1, 0.15) is 19.3 Å². The standard InChI is InChI=1S/C8H10O4/c9-7(10)5-2-1-4-3-6(5)8(11)12-4/h4-6H,1-3H2,(H,9,10)/t4-,5-,6+/m0/s1. The molecule has 12 heavy (non-hydrogen) atoms. The van der Waals surface area contributed by atoms with Crippen molar-refractivity contribution in [3.8, 4) is 0 Å². The number of carboxylic acid groups (broad SMARTS) is 1. The molecule has 66 valence electrons. The molecule has 2 aliphatic rings. The van der Waals surface area contributed by atoms with Crippen LogP contribution in [0, 0.1) is 11.8 Å². The van der Waals surface area contributed by atoms with E-state index in [0.29, 0.717) is 19.3 Å². The molecule has 2 bridgehead atoms. The highest BCUT2D eigenvalue weighted by Gasteiger charge is 2.46. The van der Waals surface area contributed by atoms with E-state index in [9.17, 15) is 9.59 Å². The molecule has 0 aromatic rings. The average Bonchev–Trinajstić information content (AvgIpc) is 2.28. The van der Waals surface area contributed by atoms with Gasteiger partial charge in [-0.25, -0.2) is 0 Å². The zero-order valence-corrected chi connectivity index (χ0v) is 6.53. The minimum Gasteiger partial charge on any atom is -0.481 e. The Morgan fingerprint density at radius 1 is 1.50 bits per heavy atom. The number of carboxylic acids is 1. The molecule has 3 atom stereocenters. The summed E-state index contributed by atoms with van der Waals surface area (Å²) in [5.74, 6) is -2.06. The molecule has 4 nitrogen and oxygen atoms in total. The Balaban J connectivity index is 2.18. The largest absolute Gasteiger partial charge is 0.481 e. The molecule has 1 aliphatic carbocycles. The summed E-state index contributed by atoms with van der Waals surface area (Å²) in [7, 11) is 0. The first-order valence-corrected chi connectivity index (χ1v) is 4.12. The lowest BCUT2D eigenvalue weighted by atomic mass is 9.80. The van der Waals surface area contributed by atoms with E-state index >= 15 is 0 Å².